The number of hydrogen-bond acceptors (Lipinski definition) is 3. The van der Waals surface area contributed by atoms with Crippen LogP contribution in [-0.2, 0) is 7.05 Å². The molecule has 6 nitrogen and oxygen atoms in total. The Balaban J connectivity index is 1.60. The van der Waals surface area contributed by atoms with E-state index in [1.807, 2.05) is 77.5 Å². The summed E-state index contributed by atoms with van der Waals surface area (Å²) in [6.07, 6.45) is 0. The lowest BCUT2D eigenvalue weighted by atomic mass is 10.2. The van der Waals surface area contributed by atoms with Crippen molar-refractivity contribution in [1.29, 1.82) is 0 Å². The van der Waals surface area contributed by atoms with E-state index in [0.717, 1.165) is 28.3 Å². The monoisotopic (exact) mass is 404 g/mol. The first kappa shape index (κ1) is 18.8. The Morgan fingerprint density at radius 1 is 0.931 bits per heavy atom. The predicted octanol–water partition coefficient (Wildman–Crippen LogP) is 4.15. The quantitative estimate of drug-likeness (QED) is 0.501. The minimum atomic E-state index is -0.0680. The Bertz CT molecular complexity index is 1230. The second kappa shape index (κ2) is 7.81. The van der Waals surface area contributed by atoms with Gasteiger partial charge in [0, 0.05) is 18.4 Å². The van der Waals surface area contributed by atoms with E-state index in [0.29, 0.717) is 10.5 Å². The van der Waals surface area contributed by atoms with Crippen LogP contribution in [0.15, 0.2) is 77.6 Å². The fourth-order valence-electron chi connectivity index (χ4n) is 3.25. The van der Waals surface area contributed by atoms with E-state index in [9.17, 15) is 4.79 Å². The van der Waals surface area contributed by atoms with Crippen molar-refractivity contribution in [3.8, 4) is 11.4 Å². The maximum absolute atomic E-state index is 12.8. The topological polar surface area (TPSA) is 60.2 Å². The first-order valence-electron chi connectivity index (χ1n) is 9.06. The molecule has 0 aliphatic rings. The molecule has 0 saturated carbocycles. The normalized spacial score (nSPS) is 10.7. The van der Waals surface area contributed by atoms with Crippen molar-refractivity contribution < 1.29 is 4.74 Å². The van der Waals surface area contributed by atoms with Gasteiger partial charge in [0.15, 0.2) is 5.11 Å². The van der Waals surface area contributed by atoms with Crippen LogP contribution in [0.5, 0.6) is 5.75 Å². The molecule has 0 aliphatic carbocycles. The van der Waals surface area contributed by atoms with E-state index in [-0.39, 0.29) is 5.56 Å². The molecule has 0 fully saturated rings. The first-order valence-corrected chi connectivity index (χ1v) is 9.47. The number of hydrogen-bond donors (Lipinski definition) is 2. The molecule has 0 saturated heterocycles. The van der Waals surface area contributed by atoms with E-state index < -0.39 is 0 Å². The van der Waals surface area contributed by atoms with Crippen molar-refractivity contribution in [3.63, 3.8) is 0 Å². The third kappa shape index (κ3) is 3.72. The number of benzene rings is 3. The molecule has 0 bridgehead atoms. The smallest absolute Gasteiger partial charge is 0.274 e. The van der Waals surface area contributed by atoms with E-state index in [1.165, 1.54) is 0 Å². The SMILES string of the molecule is COc1ccc(NC(=S)Nc2ccc3c(c2)c(=O)n(C)n3-c2ccccc2)cc1. The van der Waals surface area contributed by atoms with E-state index in [4.69, 9.17) is 17.0 Å². The van der Waals surface area contributed by atoms with Crippen LogP contribution >= 0.6 is 12.2 Å². The largest absolute Gasteiger partial charge is 0.497 e. The summed E-state index contributed by atoms with van der Waals surface area (Å²) in [5.41, 5.74) is 3.28. The average molecular weight is 404 g/mol. The molecule has 0 radical (unpaired) electrons. The summed E-state index contributed by atoms with van der Waals surface area (Å²) >= 11 is 5.40. The van der Waals surface area contributed by atoms with Gasteiger partial charge in [0.1, 0.15) is 5.75 Å². The zero-order valence-corrected chi connectivity index (χ0v) is 16.9. The molecule has 0 amide bonds. The van der Waals surface area contributed by atoms with Gasteiger partial charge in [0.2, 0.25) is 0 Å². The molecule has 1 aromatic heterocycles. The molecule has 7 heteroatoms. The zero-order valence-electron chi connectivity index (χ0n) is 16.0. The maximum atomic E-state index is 12.8. The number of thiocarbonyl (C=S) groups is 1. The molecule has 0 spiro atoms. The van der Waals surface area contributed by atoms with Gasteiger partial charge in [0.05, 0.1) is 23.7 Å². The highest BCUT2D eigenvalue weighted by Gasteiger charge is 2.13. The Hall–Kier alpha value is -3.58. The number of methoxy groups -OCH3 is 1. The number of fused-ring (bicyclic) bond motifs is 1. The maximum Gasteiger partial charge on any atom is 0.274 e. The standard InChI is InChI=1S/C22H20N4O2S/c1-25-21(27)19-14-16(10-13-20(19)26(25)17-6-4-3-5-7-17)24-22(29)23-15-8-11-18(28-2)12-9-15/h3-14H,1-2H3,(H2,23,24,29). The highest BCUT2D eigenvalue weighted by atomic mass is 32.1. The second-order valence-electron chi connectivity index (χ2n) is 6.52. The second-order valence-corrected chi connectivity index (χ2v) is 6.92. The summed E-state index contributed by atoms with van der Waals surface area (Å²) in [4.78, 5) is 12.8. The fraction of sp³-hybridized carbons (Fsp3) is 0.0909. The zero-order chi connectivity index (χ0) is 20.4. The van der Waals surface area contributed by atoms with Gasteiger partial charge in [-0.25, -0.2) is 4.68 Å². The molecule has 0 aliphatic heterocycles. The van der Waals surface area contributed by atoms with Gasteiger partial charge in [-0.05, 0) is 66.8 Å². The number of nitrogens with zero attached hydrogens (tertiary/aromatic N) is 2. The van der Waals surface area contributed by atoms with E-state index in [1.54, 1.807) is 18.8 Å². The van der Waals surface area contributed by atoms with Gasteiger partial charge in [0.25, 0.3) is 5.56 Å². The van der Waals surface area contributed by atoms with E-state index in [2.05, 4.69) is 10.6 Å². The molecular formula is C22H20N4O2S. The highest BCUT2D eigenvalue weighted by Crippen LogP contribution is 2.21. The van der Waals surface area contributed by atoms with Crippen molar-refractivity contribution >= 4 is 39.6 Å². The molecule has 0 atom stereocenters. The van der Waals surface area contributed by atoms with Gasteiger partial charge in [-0.2, -0.15) is 0 Å². The fourth-order valence-corrected chi connectivity index (χ4v) is 3.48. The molecule has 146 valence electrons. The third-order valence-corrected chi connectivity index (χ3v) is 4.86. The van der Waals surface area contributed by atoms with Crippen molar-refractivity contribution in [3.05, 3.63) is 83.2 Å². The Morgan fingerprint density at radius 3 is 2.28 bits per heavy atom. The first-order chi connectivity index (χ1) is 14.1. The van der Waals surface area contributed by atoms with Gasteiger partial charge in [-0.1, -0.05) is 18.2 Å². The molecule has 3 aromatic carbocycles. The van der Waals surface area contributed by atoms with Crippen LogP contribution in [0.4, 0.5) is 11.4 Å². The van der Waals surface area contributed by atoms with Crippen molar-refractivity contribution in [2.45, 2.75) is 0 Å². The van der Waals surface area contributed by atoms with Crippen LogP contribution in [0.25, 0.3) is 16.6 Å². The van der Waals surface area contributed by atoms with Crippen LogP contribution in [-0.4, -0.2) is 21.6 Å². The number of para-hydroxylation sites is 1. The summed E-state index contributed by atoms with van der Waals surface area (Å²) in [6, 6.07) is 22.9. The van der Waals surface area contributed by atoms with Gasteiger partial charge >= 0.3 is 0 Å². The van der Waals surface area contributed by atoms with Crippen LogP contribution in [0.2, 0.25) is 0 Å². The molecule has 29 heavy (non-hydrogen) atoms. The molecule has 4 rings (SSSR count). The van der Waals surface area contributed by atoms with Crippen LogP contribution in [0, 0.1) is 0 Å². The lowest BCUT2D eigenvalue weighted by Crippen LogP contribution is -2.19. The minimum Gasteiger partial charge on any atom is -0.497 e. The lowest BCUT2D eigenvalue weighted by molar-refractivity contribution is 0.415. The van der Waals surface area contributed by atoms with Gasteiger partial charge in [-0.3, -0.25) is 9.48 Å². The summed E-state index contributed by atoms with van der Waals surface area (Å²) < 4.78 is 8.66. The van der Waals surface area contributed by atoms with Gasteiger partial charge in [-0.15, -0.1) is 0 Å². The van der Waals surface area contributed by atoms with Crippen molar-refractivity contribution in [1.82, 2.24) is 9.36 Å². The lowest BCUT2D eigenvalue weighted by Gasteiger charge is -2.12. The van der Waals surface area contributed by atoms with Crippen LogP contribution in [0.3, 0.4) is 0 Å². The highest BCUT2D eigenvalue weighted by molar-refractivity contribution is 7.80. The van der Waals surface area contributed by atoms with Crippen LogP contribution < -0.4 is 20.9 Å². The van der Waals surface area contributed by atoms with Crippen molar-refractivity contribution in [2.75, 3.05) is 17.7 Å². The van der Waals surface area contributed by atoms with Gasteiger partial charge < -0.3 is 15.4 Å². The molecule has 0 unspecified atom stereocenters. The molecule has 2 N–H and O–H groups in total. The third-order valence-electron chi connectivity index (χ3n) is 4.66. The molecule has 1 heterocycles. The van der Waals surface area contributed by atoms with E-state index >= 15 is 0 Å². The van der Waals surface area contributed by atoms with Crippen LogP contribution in [0.1, 0.15) is 0 Å². The summed E-state index contributed by atoms with van der Waals surface area (Å²) in [5, 5.41) is 7.32. The summed E-state index contributed by atoms with van der Waals surface area (Å²) in [5.74, 6) is 0.777. The molecule has 4 aromatic rings. The number of aromatic nitrogens is 2. The number of rotatable bonds is 4. The number of anilines is 2. The summed E-state index contributed by atoms with van der Waals surface area (Å²) in [6.45, 7) is 0. The number of nitrogens with one attached hydrogen (secondary N) is 2. The average Bonchev–Trinajstić information content (AvgIpc) is 2.99. The predicted molar refractivity (Wildman–Crippen MR) is 121 cm³/mol. The Labute approximate surface area is 173 Å². The van der Waals surface area contributed by atoms with Crippen molar-refractivity contribution in [2.24, 2.45) is 7.05 Å². The summed E-state index contributed by atoms with van der Waals surface area (Å²) in [7, 11) is 3.39. The molecular weight excluding hydrogens is 384 g/mol. The Kier molecular flexibility index (Phi) is 5.05. The number of ether oxygens (including phenoxy) is 1. The minimum absolute atomic E-state index is 0.0680. The Morgan fingerprint density at radius 2 is 1.59 bits per heavy atom.